The summed E-state index contributed by atoms with van der Waals surface area (Å²) in [6.07, 6.45) is 0.314. The molecule has 0 aliphatic carbocycles. The standard InChI is InChI=1S/C20H22FN3O3/c1-13(25)23-18(11-14-6-3-2-4-7-14)20(27)24-17(19(22)26)12-15-8-5-9-16(21)10-15/h2-10,17-18H,11-12H2,1H3,(H2,22,26)(H,23,25)(H,24,27)/t17-,18+/m0/s1. The molecule has 0 radical (unpaired) electrons. The molecule has 0 saturated carbocycles. The van der Waals surface area contributed by atoms with Gasteiger partial charge in [-0.3, -0.25) is 14.4 Å². The Labute approximate surface area is 156 Å². The number of carbonyl (C=O) groups is 3. The molecule has 27 heavy (non-hydrogen) atoms. The highest BCUT2D eigenvalue weighted by molar-refractivity contribution is 5.91. The van der Waals surface area contributed by atoms with Crippen molar-refractivity contribution in [1.82, 2.24) is 10.6 Å². The Kier molecular flexibility index (Phi) is 7.05. The monoisotopic (exact) mass is 371 g/mol. The zero-order valence-electron chi connectivity index (χ0n) is 14.9. The van der Waals surface area contributed by atoms with E-state index in [0.717, 1.165) is 5.56 Å². The van der Waals surface area contributed by atoms with Crippen LogP contribution in [-0.2, 0) is 27.2 Å². The Bertz CT molecular complexity index is 811. The van der Waals surface area contributed by atoms with Crippen molar-refractivity contribution in [3.8, 4) is 0 Å². The normalized spacial score (nSPS) is 12.7. The summed E-state index contributed by atoms with van der Waals surface area (Å²) in [5.74, 6) is -2.09. The molecule has 0 fully saturated rings. The van der Waals surface area contributed by atoms with Crippen molar-refractivity contribution in [3.63, 3.8) is 0 Å². The number of benzene rings is 2. The van der Waals surface area contributed by atoms with Crippen molar-refractivity contribution in [3.05, 3.63) is 71.5 Å². The number of nitrogens with two attached hydrogens (primary N) is 1. The molecule has 7 heteroatoms. The van der Waals surface area contributed by atoms with Crippen LogP contribution in [0.2, 0.25) is 0 Å². The highest BCUT2D eigenvalue weighted by Crippen LogP contribution is 2.08. The first-order chi connectivity index (χ1) is 12.8. The highest BCUT2D eigenvalue weighted by Gasteiger charge is 2.25. The Morgan fingerprint density at radius 1 is 0.926 bits per heavy atom. The van der Waals surface area contributed by atoms with Gasteiger partial charge in [-0.25, -0.2) is 4.39 Å². The van der Waals surface area contributed by atoms with E-state index in [1.54, 1.807) is 6.07 Å². The Hall–Kier alpha value is -3.22. The smallest absolute Gasteiger partial charge is 0.243 e. The van der Waals surface area contributed by atoms with E-state index >= 15 is 0 Å². The average Bonchev–Trinajstić information content (AvgIpc) is 2.61. The Balaban J connectivity index is 2.11. The second kappa shape index (κ2) is 9.47. The van der Waals surface area contributed by atoms with Crippen LogP contribution in [0.4, 0.5) is 4.39 Å². The van der Waals surface area contributed by atoms with Crippen molar-refractivity contribution in [2.45, 2.75) is 31.8 Å². The van der Waals surface area contributed by atoms with Crippen LogP contribution < -0.4 is 16.4 Å². The lowest BCUT2D eigenvalue weighted by atomic mass is 10.0. The van der Waals surface area contributed by atoms with Crippen LogP contribution in [0.3, 0.4) is 0 Å². The first-order valence-electron chi connectivity index (χ1n) is 8.50. The van der Waals surface area contributed by atoms with Crippen molar-refractivity contribution >= 4 is 17.7 Å². The Morgan fingerprint density at radius 2 is 1.56 bits per heavy atom. The molecule has 2 aromatic carbocycles. The van der Waals surface area contributed by atoms with Crippen LogP contribution in [0.5, 0.6) is 0 Å². The van der Waals surface area contributed by atoms with Crippen LogP contribution in [-0.4, -0.2) is 29.8 Å². The van der Waals surface area contributed by atoms with Gasteiger partial charge in [-0.1, -0.05) is 42.5 Å². The van der Waals surface area contributed by atoms with Gasteiger partial charge in [0.25, 0.3) is 0 Å². The molecule has 4 N–H and O–H groups in total. The van der Waals surface area contributed by atoms with E-state index in [4.69, 9.17) is 5.73 Å². The lowest BCUT2D eigenvalue weighted by molar-refractivity contribution is -0.130. The minimum Gasteiger partial charge on any atom is -0.368 e. The van der Waals surface area contributed by atoms with E-state index < -0.39 is 29.7 Å². The number of hydrogen-bond donors (Lipinski definition) is 3. The molecule has 2 aromatic rings. The summed E-state index contributed by atoms with van der Waals surface area (Å²) >= 11 is 0. The molecule has 0 aliphatic rings. The van der Waals surface area contributed by atoms with Gasteiger partial charge in [0, 0.05) is 19.8 Å². The van der Waals surface area contributed by atoms with Gasteiger partial charge in [-0.15, -0.1) is 0 Å². The van der Waals surface area contributed by atoms with E-state index in [2.05, 4.69) is 10.6 Å². The van der Waals surface area contributed by atoms with Crippen molar-refractivity contribution in [1.29, 1.82) is 0 Å². The van der Waals surface area contributed by atoms with Crippen LogP contribution in [0.25, 0.3) is 0 Å². The molecule has 0 aromatic heterocycles. The number of rotatable bonds is 8. The van der Waals surface area contributed by atoms with Crippen molar-refractivity contribution in [2.24, 2.45) is 5.73 Å². The first-order valence-corrected chi connectivity index (χ1v) is 8.50. The summed E-state index contributed by atoms with van der Waals surface area (Å²) in [6, 6.07) is 13.0. The zero-order chi connectivity index (χ0) is 19.8. The minimum atomic E-state index is -1.02. The van der Waals surface area contributed by atoms with E-state index in [0.29, 0.717) is 5.56 Å². The maximum atomic E-state index is 13.3. The molecule has 0 aliphatic heterocycles. The van der Waals surface area contributed by atoms with E-state index in [-0.39, 0.29) is 18.7 Å². The fraction of sp³-hybridized carbons (Fsp3) is 0.250. The van der Waals surface area contributed by atoms with E-state index in [1.165, 1.54) is 25.1 Å². The van der Waals surface area contributed by atoms with E-state index in [9.17, 15) is 18.8 Å². The average molecular weight is 371 g/mol. The quantitative estimate of drug-likeness (QED) is 0.647. The number of nitrogens with one attached hydrogen (secondary N) is 2. The number of hydrogen-bond acceptors (Lipinski definition) is 3. The van der Waals surface area contributed by atoms with Crippen LogP contribution >= 0.6 is 0 Å². The molecule has 6 nitrogen and oxygen atoms in total. The predicted molar refractivity (Wildman–Crippen MR) is 99.0 cm³/mol. The third-order valence-corrected chi connectivity index (χ3v) is 3.97. The number of carbonyl (C=O) groups excluding carboxylic acids is 3. The maximum absolute atomic E-state index is 13.3. The summed E-state index contributed by atoms with van der Waals surface area (Å²) in [6.45, 7) is 1.31. The van der Waals surface area contributed by atoms with Gasteiger partial charge >= 0.3 is 0 Å². The largest absolute Gasteiger partial charge is 0.368 e. The second-order valence-corrected chi connectivity index (χ2v) is 6.24. The number of primary amides is 1. The third kappa shape index (κ3) is 6.54. The molecule has 2 rings (SSSR count). The van der Waals surface area contributed by atoms with Gasteiger partial charge in [0.15, 0.2) is 0 Å². The molecule has 0 unspecified atom stereocenters. The molecular weight excluding hydrogens is 349 g/mol. The summed E-state index contributed by atoms with van der Waals surface area (Å²) in [5, 5.41) is 5.14. The molecule has 0 heterocycles. The lowest BCUT2D eigenvalue weighted by Gasteiger charge is -2.22. The predicted octanol–water partition coefficient (Wildman–Crippen LogP) is 1.09. The van der Waals surface area contributed by atoms with E-state index in [1.807, 2.05) is 30.3 Å². The third-order valence-electron chi connectivity index (χ3n) is 3.97. The summed E-state index contributed by atoms with van der Waals surface area (Å²) < 4.78 is 13.3. The van der Waals surface area contributed by atoms with Crippen molar-refractivity contribution < 1.29 is 18.8 Å². The molecule has 2 atom stereocenters. The van der Waals surface area contributed by atoms with Gasteiger partial charge in [-0.05, 0) is 23.3 Å². The fourth-order valence-electron chi connectivity index (χ4n) is 2.70. The molecular formula is C20H22FN3O3. The summed E-state index contributed by atoms with van der Waals surface area (Å²) in [4.78, 5) is 35.9. The summed E-state index contributed by atoms with van der Waals surface area (Å²) in [7, 11) is 0. The molecule has 0 bridgehead atoms. The highest BCUT2D eigenvalue weighted by atomic mass is 19.1. The molecule has 0 saturated heterocycles. The molecule has 0 spiro atoms. The number of amides is 3. The molecule has 3 amide bonds. The van der Waals surface area contributed by atoms with Gasteiger partial charge in [0.1, 0.15) is 17.9 Å². The first kappa shape index (κ1) is 20.1. The SMILES string of the molecule is CC(=O)N[C@H](Cc1ccccc1)C(=O)N[C@@H](Cc1cccc(F)c1)C(N)=O. The van der Waals surface area contributed by atoms with Crippen LogP contribution in [0, 0.1) is 5.82 Å². The van der Waals surface area contributed by atoms with Crippen molar-refractivity contribution in [2.75, 3.05) is 0 Å². The maximum Gasteiger partial charge on any atom is 0.243 e. The summed E-state index contributed by atoms with van der Waals surface area (Å²) in [5.41, 5.74) is 6.77. The van der Waals surface area contributed by atoms with Gasteiger partial charge in [-0.2, -0.15) is 0 Å². The van der Waals surface area contributed by atoms with Crippen LogP contribution in [0.1, 0.15) is 18.1 Å². The molecule has 142 valence electrons. The minimum absolute atomic E-state index is 0.0525. The van der Waals surface area contributed by atoms with Crippen LogP contribution in [0.15, 0.2) is 54.6 Å². The lowest BCUT2D eigenvalue weighted by Crippen LogP contribution is -2.54. The zero-order valence-corrected chi connectivity index (χ0v) is 14.9. The number of halogens is 1. The Morgan fingerprint density at radius 3 is 2.15 bits per heavy atom. The topological polar surface area (TPSA) is 101 Å². The van der Waals surface area contributed by atoms with Gasteiger partial charge < -0.3 is 16.4 Å². The van der Waals surface area contributed by atoms with Gasteiger partial charge in [0.05, 0.1) is 0 Å². The van der Waals surface area contributed by atoms with Gasteiger partial charge in [0.2, 0.25) is 17.7 Å². The second-order valence-electron chi connectivity index (χ2n) is 6.24. The fourth-order valence-corrected chi connectivity index (χ4v) is 2.70.